The van der Waals surface area contributed by atoms with Gasteiger partial charge in [-0.1, -0.05) is 37.3 Å². The lowest BCUT2D eigenvalue weighted by atomic mass is 9.80. The SMILES string of the molecule is CCC(CCOC(=O)Cc1ccc(C)c(N=C=O)c1)(CCOC(=O)Nc1ccc(C)c(N=C=O)c1)COC(=O)Cc1ccc(C)c(N=C=O)c1. The number of benzene rings is 3. The van der Waals surface area contributed by atoms with Crippen molar-refractivity contribution in [2.45, 2.75) is 59.8 Å². The van der Waals surface area contributed by atoms with Gasteiger partial charge in [0.05, 0.1) is 49.7 Å². The van der Waals surface area contributed by atoms with E-state index in [2.05, 4.69) is 20.3 Å². The molecule has 0 aliphatic heterocycles. The molecule has 0 fully saturated rings. The number of esters is 2. The molecule has 0 aliphatic rings. The predicted molar refractivity (Wildman–Crippen MR) is 183 cm³/mol. The summed E-state index contributed by atoms with van der Waals surface area (Å²) in [5, 5.41) is 2.60. The van der Waals surface area contributed by atoms with Crippen LogP contribution in [0.5, 0.6) is 0 Å². The molecule has 3 rings (SSSR count). The third-order valence-corrected chi connectivity index (χ3v) is 8.25. The number of amides is 1. The van der Waals surface area contributed by atoms with Crippen molar-refractivity contribution in [1.82, 2.24) is 0 Å². The fraction of sp³-hybridized carbons (Fsp3) is 0.351. The van der Waals surface area contributed by atoms with Gasteiger partial charge >= 0.3 is 18.0 Å². The number of hydrogen-bond donors (Lipinski definition) is 1. The van der Waals surface area contributed by atoms with E-state index >= 15 is 0 Å². The van der Waals surface area contributed by atoms with Gasteiger partial charge in [0.2, 0.25) is 18.2 Å². The van der Waals surface area contributed by atoms with Gasteiger partial charge < -0.3 is 14.2 Å². The van der Waals surface area contributed by atoms with Gasteiger partial charge in [0.25, 0.3) is 0 Å². The second-order valence-electron chi connectivity index (χ2n) is 11.7. The van der Waals surface area contributed by atoms with Gasteiger partial charge in [0, 0.05) is 11.1 Å². The molecule has 1 amide bonds. The van der Waals surface area contributed by atoms with Crippen LogP contribution in [0.3, 0.4) is 0 Å². The molecule has 3 aromatic carbocycles. The zero-order valence-electron chi connectivity index (χ0n) is 28.4. The molecule has 0 bridgehead atoms. The number of carbonyl (C=O) groups excluding carboxylic acids is 6. The number of ether oxygens (including phenoxy) is 3. The molecule has 3 aromatic rings. The van der Waals surface area contributed by atoms with Crippen molar-refractivity contribution in [2.75, 3.05) is 25.1 Å². The lowest BCUT2D eigenvalue weighted by Gasteiger charge is -2.32. The number of nitrogens with one attached hydrogen (secondary N) is 1. The number of nitrogens with zero attached hydrogens (tertiary/aromatic N) is 3. The van der Waals surface area contributed by atoms with Gasteiger partial charge in [-0.15, -0.1) is 0 Å². The van der Waals surface area contributed by atoms with Crippen molar-refractivity contribution in [1.29, 1.82) is 0 Å². The number of isocyanates is 3. The van der Waals surface area contributed by atoms with Crippen LogP contribution in [-0.4, -0.2) is 56.1 Å². The van der Waals surface area contributed by atoms with E-state index in [1.165, 1.54) is 24.3 Å². The van der Waals surface area contributed by atoms with Crippen LogP contribution in [0.15, 0.2) is 69.6 Å². The predicted octanol–water partition coefficient (Wildman–Crippen LogP) is 6.81. The minimum Gasteiger partial charge on any atom is -0.465 e. The highest BCUT2D eigenvalue weighted by molar-refractivity contribution is 5.85. The maximum atomic E-state index is 12.9. The molecule has 0 heterocycles. The molecule has 50 heavy (non-hydrogen) atoms. The van der Waals surface area contributed by atoms with E-state index in [9.17, 15) is 28.8 Å². The molecule has 13 heteroatoms. The largest absolute Gasteiger partial charge is 0.465 e. The molecule has 0 radical (unpaired) electrons. The Kier molecular flexibility index (Phi) is 14.7. The first kappa shape index (κ1) is 38.5. The topological polar surface area (TPSA) is 179 Å². The zero-order valence-corrected chi connectivity index (χ0v) is 28.4. The summed E-state index contributed by atoms with van der Waals surface area (Å²) in [6.07, 6.45) is 4.66. The Labute approximate surface area is 289 Å². The quantitative estimate of drug-likeness (QED) is 0.0693. The highest BCUT2D eigenvalue weighted by Gasteiger charge is 2.31. The minimum atomic E-state index is -0.743. The summed E-state index contributed by atoms with van der Waals surface area (Å²) in [4.78, 5) is 81.4. The van der Waals surface area contributed by atoms with Gasteiger partial charge in [0.1, 0.15) is 0 Å². The summed E-state index contributed by atoms with van der Waals surface area (Å²) >= 11 is 0. The number of carbonyl (C=O) groups is 3. The number of aryl methyl sites for hydroxylation is 3. The number of aliphatic imine (C=N–C) groups is 3. The summed E-state index contributed by atoms with van der Waals surface area (Å²) in [6.45, 7) is 7.11. The highest BCUT2D eigenvalue weighted by atomic mass is 16.6. The lowest BCUT2D eigenvalue weighted by Crippen LogP contribution is -2.32. The van der Waals surface area contributed by atoms with Gasteiger partial charge in [-0.2, -0.15) is 15.0 Å². The fourth-order valence-electron chi connectivity index (χ4n) is 5.02. The Balaban J connectivity index is 1.67. The normalized spacial score (nSPS) is 11.4. The summed E-state index contributed by atoms with van der Waals surface area (Å²) in [5.41, 5.74) is 4.26. The van der Waals surface area contributed by atoms with E-state index in [-0.39, 0.29) is 45.5 Å². The lowest BCUT2D eigenvalue weighted by molar-refractivity contribution is -0.150. The van der Waals surface area contributed by atoms with Gasteiger partial charge in [-0.05, 0) is 92.1 Å². The van der Waals surface area contributed by atoms with Crippen LogP contribution < -0.4 is 5.32 Å². The van der Waals surface area contributed by atoms with Crippen molar-refractivity contribution in [3.8, 4) is 0 Å². The van der Waals surface area contributed by atoms with Gasteiger partial charge in [-0.3, -0.25) is 14.9 Å². The molecular weight excluding hydrogens is 644 g/mol. The molecule has 1 unspecified atom stereocenters. The number of rotatable bonds is 17. The van der Waals surface area contributed by atoms with Crippen LogP contribution in [0.2, 0.25) is 0 Å². The molecule has 0 aliphatic carbocycles. The van der Waals surface area contributed by atoms with Crippen LogP contribution in [0, 0.1) is 26.2 Å². The average Bonchev–Trinajstić information content (AvgIpc) is 3.08. The van der Waals surface area contributed by atoms with Crippen molar-refractivity contribution in [3.05, 3.63) is 82.4 Å². The Hall–Kier alpha value is -5.99. The van der Waals surface area contributed by atoms with E-state index in [1.54, 1.807) is 69.3 Å². The van der Waals surface area contributed by atoms with Crippen LogP contribution in [0.4, 0.5) is 27.5 Å². The van der Waals surface area contributed by atoms with Crippen LogP contribution in [0.1, 0.15) is 54.0 Å². The molecule has 0 spiro atoms. The zero-order chi connectivity index (χ0) is 36.5. The van der Waals surface area contributed by atoms with Crippen molar-refractivity contribution >= 4 is 59.0 Å². The first-order valence-electron chi connectivity index (χ1n) is 15.8. The van der Waals surface area contributed by atoms with Crippen molar-refractivity contribution < 1.29 is 43.0 Å². The summed E-state index contributed by atoms with van der Waals surface area (Å²) in [6, 6.07) is 15.0. The van der Waals surface area contributed by atoms with E-state index in [4.69, 9.17) is 14.2 Å². The molecule has 1 atom stereocenters. The Morgan fingerprint density at radius 3 is 1.62 bits per heavy atom. The first-order chi connectivity index (χ1) is 24.0. The monoisotopic (exact) mass is 682 g/mol. The third-order valence-electron chi connectivity index (χ3n) is 8.25. The summed E-state index contributed by atoms with van der Waals surface area (Å²) in [5.74, 6) is -1.03. The van der Waals surface area contributed by atoms with Crippen molar-refractivity contribution in [2.24, 2.45) is 20.4 Å². The molecule has 260 valence electrons. The second-order valence-corrected chi connectivity index (χ2v) is 11.7. The Morgan fingerprint density at radius 1 is 0.660 bits per heavy atom. The van der Waals surface area contributed by atoms with Crippen LogP contribution in [0.25, 0.3) is 0 Å². The van der Waals surface area contributed by atoms with E-state index in [0.717, 1.165) is 16.7 Å². The molecule has 13 nitrogen and oxygen atoms in total. The average molecular weight is 683 g/mol. The maximum Gasteiger partial charge on any atom is 0.411 e. The van der Waals surface area contributed by atoms with E-state index in [1.807, 2.05) is 6.92 Å². The van der Waals surface area contributed by atoms with E-state index in [0.29, 0.717) is 40.3 Å². The third kappa shape index (κ3) is 11.9. The maximum absolute atomic E-state index is 12.9. The van der Waals surface area contributed by atoms with Crippen molar-refractivity contribution in [3.63, 3.8) is 0 Å². The second kappa shape index (κ2) is 19.1. The standard InChI is InChI=1S/C37H38N4O9/c1-5-37(21-50-35(46)19-29-10-7-26(3)32(17-29)39-23-43,12-14-48-34(45)18-28-9-6-25(2)31(16-28)38-22-42)13-15-49-36(47)41-30-11-8-27(4)33(20-30)40-24-44/h6-11,16-17,20H,5,12-15,18-19,21H2,1-4H3,(H,41,47). The smallest absolute Gasteiger partial charge is 0.411 e. The first-order valence-corrected chi connectivity index (χ1v) is 15.8. The van der Waals surface area contributed by atoms with Gasteiger partial charge in [-0.25, -0.2) is 19.2 Å². The van der Waals surface area contributed by atoms with E-state index < -0.39 is 23.4 Å². The minimum absolute atomic E-state index is 0.00392. The molecule has 1 N–H and O–H groups in total. The number of hydrogen-bond acceptors (Lipinski definition) is 12. The molecular formula is C37H38N4O9. The van der Waals surface area contributed by atoms with Gasteiger partial charge in [0.15, 0.2) is 0 Å². The fourth-order valence-corrected chi connectivity index (χ4v) is 5.02. The van der Waals surface area contributed by atoms with Crippen LogP contribution >= 0.6 is 0 Å². The highest BCUT2D eigenvalue weighted by Crippen LogP contribution is 2.32. The summed E-state index contributed by atoms with van der Waals surface area (Å²) < 4.78 is 16.7. The molecule has 0 saturated heterocycles. The molecule has 0 saturated carbocycles. The Bertz CT molecular complexity index is 1770. The Morgan fingerprint density at radius 2 is 1.12 bits per heavy atom. The summed E-state index contributed by atoms with van der Waals surface area (Å²) in [7, 11) is 0. The number of anilines is 1. The molecule has 0 aromatic heterocycles. The van der Waals surface area contributed by atoms with Crippen LogP contribution in [-0.2, 0) is 51.0 Å².